The molecule has 0 aliphatic carbocycles. The summed E-state index contributed by atoms with van der Waals surface area (Å²) in [5.74, 6) is 0.101. The second-order valence-corrected chi connectivity index (χ2v) is 2.68. The summed E-state index contributed by atoms with van der Waals surface area (Å²) in [6.45, 7) is 9.54. The first kappa shape index (κ1) is 12.7. The van der Waals surface area contributed by atoms with Gasteiger partial charge in [-0.3, -0.25) is 4.79 Å². The van der Waals surface area contributed by atoms with Crippen LogP contribution in [0.5, 0.6) is 0 Å². The van der Waals surface area contributed by atoms with E-state index in [1.165, 1.54) is 0 Å². The van der Waals surface area contributed by atoms with Gasteiger partial charge in [0.05, 0.1) is 0 Å². The lowest BCUT2D eigenvalue weighted by Gasteiger charge is -2.18. The van der Waals surface area contributed by atoms with Gasteiger partial charge in [0.1, 0.15) is 0 Å². The first-order valence-corrected chi connectivity index (χ1v) is 5.06. The van der Waals surface area contributed by atoms with Crippen molar-refractivity contribution in [2.24, 2.45) is 0 Å². The van der Waals surface area contributed by atoms with E-state index in [-0.39, 0.29) is 5.91 Å². The monoisotopic (exact) mass is 193 g/mol. The molecule has 1 N–H and O–H groups in total. The van der Waals surface area contributed by atoms with Gasteiger partial charge in [0, 0.05) is 12.1 Å². The minimum atomic E-state index is 0.101. The van der Waals surface area contributed by atoms with Gasteiger partial charge in [-0.1, -0.05) is 38.7 Å². The SMILES string of the molecule is C=C/C=C1/CCC(=O)N/C1=C/C.CC. The van der Waals surface area contributed by atoms with Crippen molar-refractivity contribution in [1.82, 2.24) is 5.32 Å². The highest BCUT2D eigenvalue weighted by Gasteiger charge is 2.14. The number of nitrogens with one attached hydrogen (secondary N) is 1. The maximum Gasteiger partial charge on any atom is 0.224 e. The molecule has 0 saturated carbocycles. The van der Waals surface area contributed by atoms with Crippen molar-refractivity contribution in [3.05, 3.63) is 36.1 Å². The van der Waals surface area contributed by atoms with Crippen LogP contribution in [-0.2, 0) is 4.79 Å². The first-order chi connectivity index (χ1) is 6.77. The molecular formula is C12H19NO. The van der Waals surface area contributed by atoms with E-state index in [4.69, 9.17) is 0 Å². The van der Waals surface area contributed by atoms with Crippen molar-refractivity contribution in [2.45, 2.75) is 33.6 Å². The maximum atomic E-state index is 11.0. The van der Waals surface area contributed by atoms with E-state index < -0.39 is 0 Å². The molecule has 0 aromatic heterocycles. The van der Waals surface area contributed by atoms with Crippen LogP contribution in [0.1, 0.15) is 33.6 Å². The minimum Gasteiger partial charge on any atom is -0.326 e. The quantitative estimate of drug-likeness (QED) is 0.681. The maximum absolute atomic E-state index is 11.0. The predicted molar refractivity (Wildman–Crippen MR) is 60.8 cm³/mol. The number of piperidine rings is 1. The molecule has 2 heteroatoms. The topological polar surface area (TPSA) is 29.1 Å². The van der Waals surface area contributed by atoms with Gasteiger partial charge in [0.2, 0.25) is 5.91 Å². The molecule has 1 heterocycles. The summed E-state index contributed by atoms with van der Waals surface area (Å²) < 4.78 is 0. The molecule has 0 radical (unpaired) electrons. The average Bonchev–Trinajstić information content (AvgIpc) is 2.24. The summed E-state index contributed by atoms with van der Waals surface area (Å²) >= 11 is 0. The third-order valence-corrected chi connectivity index (χ3v) is 1.85. The smallest absolute Gasteiger partial charge is 0.224 e. The lowest BCUT2D eigenvalue weighted by molar-refractivity contribution is -0.120. The fraction of sp³-hybridized carbons (Fsp3) is 0.417. The Hall–Kier alpha value is -1.31. The molecule has 1 fully saturated rings. The van der Waals surface area contributed by atoms with Crippen molar-refractivity contribution in [1.29, 1.82) is 0 Å². The zero-order valence-corrected chi connectivity index (χ0v) is 9.26. The third kappa shape index (κ3) is 3.60. The van der Waals surface area contributed by atoms with Gasteiger partial charge >= 0.3 is 0 Å². The summed E-state index contributed by atoms with van der Waals surface area (Å²) in [7, 11) is 0. The van der Waals surface area contributed by atoms with Crippen LogP contribution in [0, 0.1) is 0 Å². The van der Waals surface area contributed by atoms with Crippen molar-refractivity contribution >= 4 is 5.91 Å². The molecule has 1 saturated heterocycles. The van der Waals surface area contributed by atoms with Crippen LogP contribution >= 0.6 is 0 Å². The van der Waals surface area contributed by atoms with Gasteiger partial charge in [-0.25, -0.2) is 0 Å². The minimum absolute atomic E-state index is 0.101. The van der Waals surface area contributed by atoms with Crippen LogP contribution < -0.4 is 5.32 Å². The molecule has 1 amide bonds. The van der Waals surface area contributed by atoms with Gasteiger partial charge in [-0.15, -0.1) is 0 Å². The van der Waals surface area contributed by atoms with Crippen molar-refractivity contribution in [3.8, 4) is 0 Å². The number of hydrogen-bond acceptors (Lipinski definition) is 1. The first-order valence-electron chi connectivity index (χ1n) is 5.06. The van der Waals surface area contributed by atoms with E-state index in [2.05, 4.69) is 11.9 Å². The van der Waals surface area contributed by atoms with E-state index >= 15 is 0 Å². The van der Waals surface area contributed by atoms with Crippen molar-refractivity contribution < 1.29 is 4.79 Å². The van der Waals surface area contributed by atoms with Crippen LogP contribution in [-0.4, -0.2) is 5.91 Å². The Kier molecular flexibility index (Phi) is 6.46. The van der Waals surface area contributed by atoms with E-state index in [9.17, 15) is 4.79 Å². The molecule has 2 nitrogen and oxygen atoms in total. The normalized spacial score (nSPS) is 21.2. The second-order valence-electron chi connectivity index (χ2n) is 2.68. The molecule has 78 valence electrons. The van der Waals surface area contributed by atoms with Crippen molar-refractivity contribution in [2.75, 3.05) is 0 Å². The summed E-state index contributed by atoms with van der Waals surface area (Å²) in [5.41, 5.74) is 2.08. The lowest BCUT2D eigenvalue weighted by Crippen LogP contribution is -2.28. The Balaban J connectivity index is 0.000000791. The molecule has 1 aliphatic heterocycles. The van der Waals surface area contributed by atoms with E-state index in [1.807, 2.05) is 32.9 Å². The summed E-state index contributed by atoms with van der Waals surface area (Å²) in [5, 5.41) is 2.81. The van der Waals surface area contributed by atoms with E-state index in [0.29, 0.717) is 6.42 Å². The molecule has 1 aliphatic rings. The summed E-state index contributed by atoms with van der Waals surface area (Å²) in [6.07, 6.45) is 6.99. The summed E-state index contributed by atoms with van der Waals surface area (Å²) in [6, 6.07) is 0. The molecule has 1 rings (SSSR count). The highest BCUT2D eigenvalue weighted by molar-refractivity contribution is 5.81. The Morgan fingerprint density at radius 2 is 2.00 bits per heavy atom. The molecule has 0 bridgehead atoms. The predicted octanol–water partition coefficient (Wildman–Crippen LogP) is 2.94. The molecule has 0 atom stereocenters. The van der Waals surface area contributed by atoms with E-state index in [1.54, 1.807) is 6.08 Å². The van der Waals surface area contributed by atoms with Gasteiger partial charge in [-0.05, 0) is 18.9 Å². The molecular weight excluding hydrogens is 174 g/mol. The van der Waals surface area contributed by atoms with Crippen LogP contribution in [0.2, 0.25) is 0 Å². The zero-order chi connectivity index (χ0) is 11.0. The second kappa shape index (κ2) is 7.13. The van der Waals surface area contributed by atoms with Crippen LogP contribution in [0.3, 0.4) is 0 Å². The summed E-state index contributed by atoms with van der Waals surface area (Å²) in [4.78, 5) is 11.0. The van der Waals surface area contributed by atoms with Gasteiger partial charge < -0.3 is 5.32 Å². The molecule has 0 unspecified atom stereocenters. The van der Waals surface area contributed by atoms with Gasteiger partial charge in [-0.2, -0.15) is 0 Å². The van der Waals surface area contributed by atoms with Crippen LogP contribution in [0.25, 0.3) is 0 Å². The number of allylic oxidation sites excluding steroid dienone is 4. The Labute approximate surface area is 86.4 Å². The average molecular weight is 193 g/mol. The largest absolute Gasteiger partial charge is 0.326 e. The Morgan fingerprint density at radius 3 is 2.50 bits per heavy atom. The number of carbonyl (C=O) groups excluding carboxylic acids is 1. The highest BCUT2D eigenvalue weighted by Crippen LogP contribution is 2.18. The van der Waals surface area contributed by atoms with Gasteiger partial charge in [0.25, 0.3) is 0 Å². The van der Waals surface area contributed by atoms with E-state index in [0.717, 1.165) is 17.7 Å². The van der Waals surface area contributed by atoms with Gasteiger partial charge in [0.15, 0.2) is 0 Å². The number of hydrogen-bond donors (Lipinski definition) is 1. The molecule has 0 spiro atoms. The van der Waals surface area contributed by atoms with Crippen LogP contribution in [0.15, 0.2) is 36.1 Å². The lowest BCUT2D eigenvalue weighted by atomic mass is 10.0. The highest BCUT2D eigenvalue weighted by atomic mass is 16.1. The van der Waals surface area contributed by atoms with Crippen molar-refractivity contribution in [3.63, 3.8) is 0 Å². The van der Waals surface area contributed by atoms with Crippen LogP contribution in [0.4, 0.5) is 0 Å². The molecule has 14 heavy (non-hydrogen) atoms. The number of carbonyl (C=O) groups is 1. The Morgan fingerprint density at radius 1 is 1.36 bits per heavy atom. The number of rotatable bonds is 1. The fourth-order valence-corrected chi connectivity index (χ4v) is 1.25. The standard InChI is InChI=1S/C10H13NO.C2H6/c1-3-5-8-6-7-10(12)11-9(8)4-2;1-2/h3-5H,1,6-7H2,2H3,(H,11,12);1-2H3/b8-5-,9-4+;. The third-order valence-electron chi connectivity index (χ3n) is 1.85. The molecule has 0 aromatic rings. The number of amides is 1. The fourth-order valence-electron chi connectivity index (χ4n) is 1.25. The zero-order valence-electron chi connectivity index (χ0n) is 9.26. The Bertz CT molecular complexity index is 261. The molecule has 0 aromatic carbocycles.